The van der Waals surface area contributed by atoms with Crippen molar-refractivity contribution in [1.82, 2.24) is 20.5 Å². The molecule has 0 unspecified atom stereocenters. The average molecular weight is 596 g/mol. The van der Waals surface area contributed by atoms with E-state index in [4.69, 9.17) is 22.3 Å². The van der Waals surface area contributed by atoms with E-state index >= 15 is 0 Å². The summed E-state index contributed by atoms with van der Waals surface area (Å²) in [5.41, 5.74) is 7.57. The van der Waals surface area contributed by atoms with Crippen molar-refractivity contribution in [3.63, 3.8) is 0 Å². The fourth-order valence-electron chi connectivity index (χ4n) is 4.40. The summed E-state index contributed by atoms with van der Waals surface area (Å²) >= 11 is 7.74. The Morgan fingerprint density at radius 2 is 2.25 bits per heavy atom. The van der Waals surface area contributed by atoms with Gasteiger partial charge in [-0.2, -0.15) is 8.78 Å². The Morgan fingerprint density at radius 3 is 2.92 bits per heavy atom. The first-order valence-electron chi connectivity index (χ1n) is 12.0. The molecule has 0 aliphatic carbocycles. The lowest BCUT2D eigenvalue weighted by atomic mass is 9.92. The maximum absolute atomic E-state index is 13.9. The third-order valence-electron chi connectivity index (χ3n) is 6.23. The van der Waals surface area contributed by atoms with Crippen molar-refractivity contribution in [3.8, 4) is 0 Å². The van der Waals surface area contributed by atoms with Gasteiger partial charge in [-0.1, -0.05) is 17.7 Å². The number of allylic oxidation sites excluding steroid dienone is 1. The van der Waals surface area contributed by atoms with E-state index in [2.05, 4.69) is 25.3 Å². The van der Waals surface area contributed by atoms with Crippen LogP contribution < -0.4 is 16.4 Å². The number of halogens is 4. The summed E-state index contributed by atoms with van der Waals surface area (Å²) in [6.07, 6.45) is 3.76. The third kappa shape index (κ3) is 6.80. The molecule has 0 spiro atoms. The molecule has 212 valence electrons. The lowest BCUT2D eigenvalue weighted by Gasteiger charge is -2.33. The Balaban J connectivity index is 1.82. The summed E-state index contributed by atoms with van der Waals surface area (Å²) < 4.78 is 44.0. The smallest absolute Gasteiger partial charge is 0.406 e. The normalized spacial score (nSPS) is 19.9. The van der Waals surface area contributed by atoms with E-state index in [9.17, 15) is 22.8 Å². The Labute approximate surface area is 236 Å². The van der Waals surface area contributed by atoms with Gasteiger partial charge in [-0.15, -0.1) is 11.3 Å². The number of ether oxygens (including phenoxy) is 1. The topological polar surface area (TPSA) is 134 Å². The minimum absolute atomic E-state index is 0.00191. The zero-order valence-electron chi connectivity index (χ0n) is 21.1. The van der Waals surface area contributed by atoms with Crippen LogP contribution >= 0.6 is 22.9 Å². The maximum atomic E-state index is 13.9. The van der Waals surface area contributed by atoms with Crippen molar-refractivity contribution in [2.45, 2.75) is 31.5 Å². The van der Waals surface area contributed by atoms with Gasteiger partial charge in [0, 0.05) is 58.3 Å². The number of carbonyl (C=O) groups is 2. The number of likely N-dealkylation sites (tertiary alicyclic amines) is 1. The van der Waals surface area contributed by atoms with Gasteiger partial charge in [0.05, 0.1) is 19.7 Å². The molecule has 10 nitrogen and oxygen atoms in total. The lowest BCUT2D eigenvalue weighted by Crippen LogP contribution is -2.45. The lowest BCUT2D eigenvalue weighted by molar-refractivity contribution is -0.128. The molecule has 1 saturated heterocycles. The van der Waals surface area contributed by atoms with E-state index in [1.807, 2.05) is 0 Å². The molecule has 2 aliphatic rings. The van der Waals surface area contributed by atoms with Gasteiger partial charge in [-0.3, -0.25) is 9.79 Å². The van der Waals surface area contributed by atoms with Crippen LogP contribution in [0.3, 0.4) is 0 Å². The molecule has 0 bridgehead atoms. The van der Waals surface area contributed by atoms with Gasteiger partial charge in [-0.05, 0) is 24.6 Å². The van der Waals surface area contributed by atoms with Gasteiger partial charge < -0.3 is 26.0 Å². The Hall–Kier alpha value is -3.91. The predicted molar refractivity (Wildman–Crippen MR) is 145 cm³/mol. The number of hydrogen-bond donors (Lipinski definition) is 3. The van der Waals surface area contributed by atoms with Crippen molar-refractivity contribution >= 4 is 47.0 Å². The van der Waals surface area contributed by atoms with Crippen molar-refractivity contribution in [2.75, 3.05) is 20.2 Å². The number of nitrogens with zero attached hydrogens (tertiary/aromatic N) is 4. The van der Waals surface area contributed by atoms with Crippen LogP contribution in [0.15, 0.2) is 62.8 Å². The van der Waals surface area contributed by atoms with Gasteiger partial charge >= 0.3 is 12.6 Å². The number of hydrogen-bond acceptors (Lipinski definition) is 9. The molecule has 15 heteroatoms. The van der Waals surface area contributed by atoms with Crippen LogP contribution in [-0.4, -0.2) is 66.7 Å². The number of amidine groups is 1. The molecule has 3 heterocycles. The van der Waals surface area contributed by atoms with Crippen LogP contribution in [0, 0.1) is 5.82 Å². The molecule has 2 aliphatic heterocycles. The second kappa shape index (κ2) is 13.0. The van der Waals surface area contributed by atoms with Gasteiger partial charge in [0.15, 0.2) is 10.8 Å². The van der Waals surface area contributed by atoms with Crippen molar-refractivity contribution < 1.29 is 27.5 Å². The minimum atomic E-state index is -2.94. The number of nitrogens with one attached hydrogen (secondary N) is 2. The van der Waals surface area contributed by atoms with E-state index < -0.39 is 24.5 Å². The number of alkyl carbamates (subject to hydrolysis) is 1. The van der Waals surface area contributed by atoms with Crippen LogP contribution in [0.1, 0.15) is 29.5 Å². The third-order valence-corrected chi connectivity index (χ3v) is 7.34. The first kappa shape index (κ1) is 29.1. The van der Waals surface area contributed by atoms with Crippen LogP contribution in [0.25, 0.3) is 0 Å². The Bertz CT molecular complexity index is 1380. The summed E-state index contributed by atoms with van der Waals surface area (Å²) in [7, 11) is 1.24. The highest BCUT2D eigenvalue weighted by atomic mass is 35.5. The standard InChI is InChI=1S/C25H25ClF3N7O3S/c1-39-25(38)33-11-14-3-5-19(37)36(14)12-18-20(17(30)6-7-32-24(28)29)21(15-4-2-13(27)10-16(15)26)35-22(34-18)23-31-8-9-40-23/h2,4,6-10,14,21,24H,3,5,11-12,30H2,1H3,(H,33,38)(H,34,35)/t14-,21+/m1/s1. The number of carbonyl (C=O) groups excluding carboxylic acids is 2. The largest absolute Gasteiger partial charge is 0.453 e. The molecule has 4 rings (SSSR count). The number of methoxy groups -OCH3 is 1. The number of thiazole rings is 1. The van der Waals surface area contributed by atoms with Crippen LogP contribution in [0.4, 0.5) is 18.0 Å². The van der Waals surface area contributed by atoms with E-state index in [0.717, 1.165) is 12.3 Å². The average Bonchev–Trinajstić information content (AvgIpc) is 3.57. The fourth-order valence-corrected chi connectivity index (χ4v) is 5.26. The zero-order valence-corrected chi connectivity index (χ0v) is 22.7. The van der Waals surface area contributed by atoms with E-state index in [0.29, 0.717) is 34.1 Å². The molecule has 2 amide bonds. The molecular weight excluding hydrogens is 571 g/mol. The molecular formula is C25H25ClF3N7O3S. The molecule has 1 fully saturated rings. The van der Waals surface area contributed by atoms with E-state index in [-0.39, 0.29) is 42.2 Å². The van der Waals surface area contributed by atoms with Crippen LogP contribution in [0.2, 0.25) is 5.02 Å². The van der Waals surface area contributed by atoms with E-state index in [1.165, 1.54) is 36.7 Å². The molecule has 1 aromatic heterocycles. The maximum Gasteiger partial charge on any atom is 0.406 e. The zero-order chi connectivity index (χ0) is 28.8. The highest BCUT2D eigenvalue weighted by molar-refractivity contribution is 7.11. The number of amides is 2. The molecule has 2 aromatic rings. The molecule has 40 heavy (non-hydrogen) atoms. The molecule has 1 aromatic carbocycles. The number of alkyl halides is 2. The predicted octanol–water partition coefficient (Wildman–Crippen LogP) is 3.76. The van der Waals surface area contributed by atoms with Crippen molar-refractivity contribution in [3.05, 3.63) is 74.2 Å². The summed E-state index contributed by atoms with van der Waals surface area (Å²) in [5, 5.41) is 8.16. The van der Waals surface area contributed by atoms with Gasteiger partial charge in [0.25, 0.3) is 0 Å². The summed E-state index contributed by atoms with van der Waals surface area (Å²) in [4.78, 5) is 38.3. The summed E-state index contributed by atoms with van der Waals surface area (Å²) in [5.74, 6) is -0.375. The van der Waals surface area contributed by atoms with Gasteiger partial charge in [-0.25, -0.2) is 19.2 Å². The number of aliphatic imine (C=N–C) groups is 2. The summed E-state index contributed by atoms with van der Waals surface area (Å²) in [6.45, 7) is -2.79. The highest BCUT2D eigenvalue weighted by Gasteiger charge is 2.36. The second-order valence-electron chi connectivity index (χ2n) is 8.68. The Kier molecular flexibility index (Phi) is 9.42. The number of nitrogens with two attached hydrogens (primary N) is 1. The molecule has 0 radical (unpaired) electrons. The minimum Gasteiger partial charge on any atom is -0.453 e. The van der Waals surface area contributed by atoms with Crippen molar-refractivity contribution in [2.24, 2.45) is 15.7 Å². The number of aromatic nitrogens is 1. The first-order valence-corrected chi connectivity index (χ1v) is 13.2. The highest BCUT2D eigenvalue weighted by Crippen LogP contribution is 2.38. The molecule has 2 atom stereocenters. The van der Waals surface area contributed by atoms with Crippen LogP contribution in [-0.2, 0) is 9.53 Å². The number of benzene rings is 1. The molecule has 4 N–H and O–H groups in total. The SMILES string of the molecule is COC(=O)NC[C@H]1CCC(=O)N1CC1=C(C(N)=CC=NC(F)F)[C@H](c2ccc(F)cc2Cl)N=C(c2nccs2)N1. The Morgan fingerprint density at radius 1 is 1.45 bits per heavy atom. The second-order valence-corrected chi connectivity index (χ2v) is 9.99. The number of rotatable bonds is 9. The summed E-state index contributed by atoms with van der Waals surface area (Å²) in [6, 6.07) is 2.53. The first-order chi connectivity index (χ1) is 19.2. The molecule has 0 saturated carbocycles. The van der Waals surface area contributed by atoms with Gasteiger partial charge in [0.2, 0.25) is 5.91 Å². The van der Waals surface area contributed by atoms with Gasteiger partial charge in [0.1, 0.15) is 11.9 Å². The van der Waals surface area contributed by atoms with Crippen LogP contribution in [0.5, 0.6) is 0 Å². The monoisotopic (exact) mass is 595 g/mol. The van der Waals surface area contributed by atoms with Crippen molar-refractivity contribution in [1.29, 1.82) is 0 Å². The van der Waals surface area contributed by atoms with E-state index in [1.54, 1.807) is 16.5 Å². The quantitative estimate of drug-likeness (QED) is 0.298. The fraction of sp³-hybridized carbons (Fsp3) is 0.320.